The average molecular weight is 1100 g/mol. The highest BCUT2D eigenvalue weighted by molar-refractivity contribution is 7.60. The molecule has 6 bridgehead atoms. The van der Waals surface area contributed by atoms with Gasteiger partial charge in [0.05, 0.1) is 34.8 Å². The number of ether oxygens (including phenoxy) is 2. The Kier molecular flexibility index (Phi) is 25.6. The first-order chi connectivity index (χ1) is 30.4. The van der Waals surface area contributed by atoms with Gasteiger partial charge >= 0.3 is 12.0 Å². The molecule has 4 amide bonds. The van der Waals surface area contributed by atoms with E-state index in [9.17, 15) is 19.2 Å². The largest absolute Gasteiger partial charge is 0.464 e. The monoisotopic (exact) mass is 1100 g/mol. The first-order valence-electron chi connectivity index (χ1n) is 22.8. The van der Waals surface area contributed by atoms with Crippen molar-refractivity contribution in [3.8, 4) is 22.5 Å². The van der Waals surface area contributed by atoms with Gasteiger partial charge < -0.3 is 29.2 Å². The molecule has 7 rings (SSSR count). The second kappa shape index (κ2) is 27.5. The fourth-order valence-corrected chi connectivity index (χ4v) is 10.5. The number of carbonyl (C=O) groups is 4. The van der Waals surface area contributed by atoms with E-state index in [2.05, 4.69) is 79.2 Å². The molecule has 3 aliphatic rings. The first-order valence-corrected chi connectivity index (χ1v) is 23.7. The van der Waals surface area contributed by atoms with E-state index in [0.29, 0.717) is 43.9 Å². The highest BCUT2D eigenvalue weighted by Gasteiger charge is 2.40. The maximum atomic E-state index is 14.6. The van der Waals surface area contributed by atoms with E-state index in [-0.39, 0.29) is 130 Å². The molecule has 6 atom stereocenters. The van der Waals surface area contributed by atoms with Crippen LogP contribution < -0.4 is 10.7 Å². The lowest BCUT2D eigenvalue weighted by Crippen LogP contribution is -2.64. The first kappa shape index (κ1) is 65.2. The Morgan fingerprint density at radius 3 is 2.40 bits per heavy atom. The van der Waals surface area contributed by atoms with Crippen LogP contribution in [-0.4, -0.2) is 136 Å². The summed E-state index contributed by atoms with van der Waals surface area (Å²) >= 11 is 1.43. The zero-order valence-electron chi connectivity index (χ0n) is 42.4. The number of likely N-dealkylation sites (N-methyl/N-ethyl adjacent to an activating group) is 2. The van der Waals surface area contributed by atoms with E-state index in [0.717, 1.165) is 51.2 Å². The number of carbonyl (C=O) groups excluding carboxylic acids is 4. The third-order valence-corrected chi connectivity index (χ3v) is 14.2. The molecule has 2 N–H and O–H groups in total. The van der Waals surface area contributed by atoms with Gasteiger partial charge in [-0.05, 0) is 89.8 Å². The number of amides is 4. The molecule has 0 unspecified atom stereocenters. The smallest absolute Gasteiger partial charge is 0.324 e. The summed E-state index contributed by atoms with van der Waals surface area (Å²) in [4.78, 5) is 72.6. The van der Waals surface area contributed by atoms with Gasteiger partial charge in [-0.3, -0.25) is 29.3 Å². The highest BCUT2D eigenvalue weighted by atomic mass is 32.1. The van der Waals surface area contributed by atoms with Gasteiger partial charge in [-0.1, -0.05) is 33.8 Å². The number of piperazine rings is 1. The molecule has 1 aromatic carbocycles. The molecular formula is C48H79N9O6S7. The predicted octanol–water partition coefficient (Wildman–Crippen LogP) is 6.98. The lowest BCUT2D eigenvalue weighted by Gasteiger charge is -2.45. The number of rotatable bonds is 8. The fourth-order valence-electron chi connectivity index (χ4n) is 9.63. The summed E-state index contributed by atoms with van der Waals surface area (Å²) in [6.07, 6.45) is 3.30. The summed E-state index contributed by atoms with van der Waals surface area (Å²) in [6.45, 7) is 18.7. The Morgan fingerprint density at radius 2 is 1.74 bits per heavy atom. The van der Waals surface area contributed by atoms with Crippen LogP contribution in [0.25, 0.3) is 33.4 Å². The van der Waals surface area contributed by atoms with Crippen LogP contribution in [0.5, 0.6) is 0 Å². The second-order valence-corrected chi connectivity index (χ2v) is 20.1. The third kappa shape index (κ3) is 13.9. The Morgan fingerprint density at radius 1 is 1.04 bits per heavy atom. The number of cyclic esters (lactones) is 1. The topological polar surface area (TPSA) is 154 Å². The van der Waals surface area contributed by atoms with Crippen molar-refractivity contribution in [2.45, 2.75) is 124 Å². The number of thiazole rings is 1. The van der Waals surface area contributed by atoms with Crippen LogP contribution in [0.15, 0.2) is 41.9 Å². The van der Waals surface area contributed by atoms with Gasteiger partial charge in [0.15, 0.2) is 0 Å². The molecule has 0 saturated carbocycles. The van der Waals surface area contributed by atoms with Crippen molar-refractivity contribution in [3.05, 3.63) is 58.2 Å². The Labute approximate surface area is 461 Å². The zero-order chi connectivity index (χ0) is 46.2. The van der Waals surface area contributed by atoms with Crippen LogP contribution in [0, 0.1) is 11.3 Å². The summed E-state index contributed by atoms with van der Waals surface area (Å²) < 4.78 is 14.3. The number of aryl methyl sites for hydroxylation is 1. The van der Waals surface area contributed by atoms with E-state index >= 15 is 0 Å². The van der Waals surface area contributed by atoms with E-state index in [1.807, 2.05) is 44.0 Å². The van der Waals surface area contributed by atoms with Gasteiger partial charge in [-0.25, -0.2) is 15.2 Å². The van der Waals surface area contributed by atoms with Crippen molar-refractivity contribution in [1.29, 1.82) is 0 Å². The molecular weight excluding hydrogens is 1020 g/mol. The number of urea groups is 1. The molecule has 15 nitrogen and oxygen atoms in total. The number of pyridine rings is 1. The zero-order valence-corrected chi connectivity index (χ0v) is 49.3. The summed E-state index contributed by atoms with van der Waals surface area (Å²) in [5.74, 6) is -1.52. The van der Waals surface area contributed by atoms with Crippen molar-refractivity contribution in [1.82, 2.24) is 45.0 Å². The molecule has 22 heteroatoms. The van der Waals surface area contributed by atoms with Crippen LogP contribution in [-0.2, 0) is 43.2 Å². The minimum Gasteiger partial charge on any atom is -0.464 e. The molecule has 2 fully saturated rings. The van der Waals surface area contributed by atoms with Crippen LogP contribution in [0.4, 0.5) is 4.79 Å². The maximum absolute atomic E-state index is 14.6. The lowest BCUT2D eigenvalue weighted by molar-refractivity contribution is -0.155. The van der Waals surface area contributed by atoms with Gasteiger partial charge in [0.1, 0.15) is 18.1 Å². The molecule has 2 saturated heterocycles. The van der Waals surface area contributed by atoms with Gasteiger partial charge in [-0.2, -0.15) is 81.0 Å². The number of fused-ring (bicyclic) bond motifs is 6. The maximum Gasteiger partial charge on any atom is 0.324 e. The molecule has 70 heavy (non-hydrogen) atoms. The summed E-state index contributed by atoms with van der Waals surface area (Å²) in [6, 6.07) is 7.71. The molecule has 6 heterocycles. The van der Waals surface area contributed by atoms with E-state index < -0.39 is 35.4 Å². The van der Waals surface area contributed by atoms with Crippen LogP contribution >= 0.6 is 92.3 Å². The van der Waals surface area contributed by atoms with Gasteiger partial charge in [0.2, 0.25) is 5.91 Å². The van der Waals surface area contributed by atoms with E-state index in [1.54, 1.807) is 20.4 Å². The summed E-state index contributed by atoms with van der Waals surface area (Å²) in [5.41, 5.74) is 9.40. The normalized spacial score (nSPS) is 21.1. The SMILES string of the molecule is CCn1c(-c2cccnc2[C@H](C)OC)c2c3cc(ccc31)-c1csc(n1)C[C@H](NC(=O)[C@H](C(C)C)N(C)C(=O)N1C[C@H](C)N(C)C[C@@H]1C)C(=O)N1CCC[C@H](N1)C(=O)OCC(C)(C)C2.S.S.S.S.S.S. The van der Waals surface area contributed by atoms with Crippen LogP contribution in [0.1, 0.15) is 90.6 Å². The van der Waals surface area contributed by atoms with Crippen molar-refractivity contribution >= 4 is 127 Å². The Hall–Kier alpha value is -2.80. The van der Waals surface area contributed by atoms with Crippen LogP contribution in [0.2, 0.25) is 0 Å². The fraction of sp³-hybridized carbons (Fsp3) is 0.583. The number of nitrogens with one attached hydrogen (secondary N) is 2. The molecule has 0 radical (unpaired) electrons. The summed E-state index contributed by atoms with van der Waals surface area (Å²) in [5, 5.41) is 8.24. The van der Waals surface area contributed by atoms with E-state index in [1.165, 1.54) is 21.2 Å². The number of hydrogen-bond donors (Lipinski definition) is 2. The molecule has 0 spiro atoms. The van der Waals surface area contributed by atoms with E-state index in [4.69, 9.17) is 19.4 Å². The van der Waals surface area contributed by atoms with Gasteiger partial charge in [-0.15, -0.1) is 11.3 Å². The minimum atomic E-state index is -1.04. The van der Waals surface area contributed by atoms with Crippen molar-refractivity contribution < 1.29 is 28.7 Å². The highest BCUT2D eigenvalue weighted by Crippen LogP contribution is 2.42. The number of benzene rings is 1. The Bertz CT molecular complexity index is 2390. The second-order valence-electron chi connectivity index (χ2n) is 19.1. The third-order valence-electron chi connectivity index (χ3n) is 13.3. The van der Waals surface area contributed by atoms with Crippen LogP contribution in [0.3, 0.4) is 0 Å². The molecule has 0 aliphatic carbocycles. The number of methoxy groups -OCH3 is 1. The van der Waals surface area contributed by atoms with Crippen molar-refractivity contribution in [2.75, 3.05) is 47.4 Å². The summed E-state index contributed by atoms with van der Waals surface area (Å²) in [7, 11) is 5.41. The molecule has 3 aromatic heterocycles. The number of hydrazine groups is 1. The molecule has 3 aliphatic heterocycles. The Balaban J connectivity index is 0.00000408. The van der Waals surface area contributed by atoms with Gasteiger partial charge in [0.25, 0.3) is 5.91 Å². The predicted molar refractivity (Wildman–Crippen MR) is 312 cm³/mol. The van der Waals surface area contributed by atoms with Crippen molar-refractivity contribution in [3.63, 3.8) is 0 Å². The number of hydrogen-bond acceptors (Lipinski definition) is 11. The number of esters is 1. The molecule has 4 aromatic rings. The number of aromatic nitrogens is 3. The lowest BCUT2D eigenvalue weighted by atomic mass is 9.84. The molecule has 394 valence electrons. The minimum absolute atomic E-state index is 0. The quantitative estimate of drug-likeness (QED) is 0.177. The van der Waals surface area contributed by atoms with Crippen molar-refractivity contribution in [2.24, 2.45) is 11.3 Å². The average Bonchev–Trinajstić information content (AvgIpc) is 3.86. The number of nitrogens with zero attached hydrogens (tertiary/aromatic N) is 7. The van der Waals surface area contributed by atoms with Gasteiger partial charge in [0, 0.05) is 97.9 Å². The standard InChI is InChI=1S/C48H67N9O6S.6H2S/c1-12-55-39-18-17-32-21-34(39)35(43(55)33-15-13-19-49-41(33)31(6)62-11)23-48(7,8)27-63-46(60)36-16-14-20-57(52-36)45(59)37(22-40-50-38(32)26-64-40)51-44(58)42(28(2)3)54(10)47(61)56-25-29(4)53(9)24-30(56)5;;;;;;/h13,15,17-19,21,26,28-31,36-37,42,52H,12,14,16,20,22-25,27H2,1-11H3,(H,51,58);6*1H2/t29-,30-,31-,36-,37-,42-;;;;;;/m0....../s1.